The van der Waals surface area contributed by atoms with Gasteiger partial charge in [-0.3, -0.25) is 0 Å². The van der Waals surface area contributed by atoms with Gasteiger partial charge < -0.3 is 15.2 Å². The summed E-state index contributed by atoms with van der Waals surface area (Å²) in [6, 6.07) is 10.4. The Bertz CT molecular complexity index is 721. The van der Waals surface area contributed by atoms with Crippen molar-refractivity contribution in [3.05, 3.63) is 42.2 Å². The lowest BCUT2D eigenvalue weighted by Gasteiger charge is -2.19. The summed E-state index contributed by atoms with van der Waals surface area (Å²) in [5, 5.41) is 2.98. The summed E-state index contributed by atoms with van der Waals surface area (Å²) < 4.78 is 0. The SMILES string of the molecule is CNc1nc(N(C)CCc2ccccc2)c2[nH]cnc2n1. The molecule has 108 valence electrons. The fourth-order valence-corrected chi connectivity index (χ4v) is 2.25. The minimum Gasteiger partial charge on any atom is -0.357 e. The number of aromatic amines is 1. The number of H-pyrrole nitrogens is 1. The number of likely N-dealkylation sites (N-methyl/N-ethyl adjacent to an activating group) is 1. The topological polar surface area (TPSA) is 69.7 Å². The summed E-state index contributed by atoms with van der Waals surface area (Å²) in [6.45, 7) is 0.873. The Morgan fingerprint density at radius 2 is 2.00 bits per heavy atom. The van der Waals surface area contributed by atoms with Crippen LogP contribution in [-0.2, 0) is 6.42 Å². The molecule has 0 amide bonds. The molecule has 21 heavy (non-hydrogen) atoms. The highest BCUT2D eigenvalue weighted by molar-refractivity contribution is 5.84. The Morgan fingerprint density at radius 1 is 1.19 bits per heavy atom. The van der Waals surface area contributed by atoms with Crippen LogP contribution in [-0.4, -0.2) is 40.6 Å². The summed E-state index contributed by atoms with van der Waals surface area (Å²) in [6.07, 6.45) is 2.61. The van der Waals surface area contributed by atoms with Gasteiger partial charge in [-0.15, -0.1) is 0 Å². The van der Waals surface area contributed by atoms with E-state index in [0.29, 0.717) is 11.6 Å². The number of benzene rings is 1. The van der Waals surface area contributed by atoms with Crippen molar-refractivity contribution in [2.24, 2.45) is 0 Å². The van der Waals surface area contributed by atoms with E-state index >= 15 is 0 Å². The molecule has 6 heteroatoms. The van der Waals surface area contributed by atoms with Crippen molar-refractivity contribution in [3.8, 4) is 0 Å². The highest BCUT2D eigenvalue weighted by Gasteiger charge is 2.13. The number of imidazole rings is 1. The second-order valence-corrected chi connectivity index (χ2v) is 4.88. The lowest BCUT2D eigenvalue weighted by Crippen LogP contribution is -2.22. The first kappa shape index (κ1) is 13.4. The average Bonchev–Trinajstić information content (AvgIpc) is 3.01. The van der Waals surface area contributed by atoms with Crippen LogP contribution in [0.3, 0.4) is 0 Å². The van der Waals surface area contributed by atoms with Crippen molar-refractivity contribution < 1.29 is 0 Å². The van der Waals surface area contributed by atoms with Gasteiger partial charge in [-0.1, -0.05) is 30.3 Å². The van der Waals surface area contributed by atoms with Crippen LogP contribution in [0.25, 0.3) is 11.2 Å². The van der Waals surface area contributed by atoms with Crippen LogP contribution in [0.4, 0.5) is 11.8 Å². The number of nitrogens with one attached hydrogen (secondary N) is 2. The average molecular weight is 282 g/mol. The van der Waals surface area contributed by atoms with Crippen LogP contribution in [0, 0.1) is 0 Å². The zero-order chi connectivity index (χ0) is 14.7. The molecule has 0 saturated carbocycles. The fourth-order valence-electron chi connectivity index (χ4n) is 2.25. The summed E-state index contributed by atoms with van der Waals surface area (Å²) in [7, 11) is 3.84. The van der Waals surface area contributed by atoms with Crippen LogP contribution in [0.2, 0.25) is 0 Å². The van der Waals surface area contributed by atoms with Crippen molar-refractivity contribution in [2.75, 3.05) is 30.9 Å². The summed E-state index contributed by atoms with van der Waals surface area (Å²) in [4.78, 5) is 18.3. The summed E-state index contributed by atoms with van der Waals surface area (Å²) >= 11 is 0. The molecule has 0 aliphatic heterocycles. The molecule has 0 aliphatic rings. The van der Waals surface area contributed by atoms with Gasteiger partial charge in [0, 0.05) is 20.6 Å². The van der Waals surface area contributed by atoms with Gasteiger partial charge in [0.15, 0.2) is 11.5 Å². The van der Waals surface area contributed by atoms with E-state index in [9.17, 15) is 0 Å². The molecule has 2 N–H and O–H groups in total. The zero-order valence-electron chi connectivity index (χ0n) is 12.2. The quantitative estimate of drug-likeness (QED) is 0.749. The van der Waals surface area contributed by atoms with Gasteiger partial charge in [0.2, 0.25) is 5.95 Å². The molecule has 0 saturated heterocycles. The van der Waals surface area contributed by atoms with Gasteiger partial charge >= 0.3 is 0 Å². The minimum atomic E-state index is 0.580. The van der Waals surface area contributed by atoms with Gasteiger partial charge in [0.1, 0.15) is 5.52 Å². The molecule has 1 aromatic carbocycles. The first-order valence-electron chi connectivity index (χ1n) is 6.92. The predicted octanol–water partition coefficient (Wildman–Crippen LogP) is 2.07. The van der Waals surface area contributed by atoms with Crippen molar-refractivity contribution >= 4 is 22.9 Å². The summed E-state index contributed by atoms with van der Waals surface area (Å²) in [5.74, 6) is 1.44. The van der Waals surface area contributed by atoms with Gasteiger partial charge in [0.05, 0.1) is 6.33 Å². The van der Waals surface area contributed by atoms with Crippen LogP contribution in [0.15, 0.2) is 36.7 Å². The number of anilines is 2. The lowest BCUT2D eigenvalue weighted by atomic mass is 10.1. The molecule has 0 fully saturated rings. The Labute approximate surface area is 123 Å². The largest absolute Gasteiger partial charge is 0.357 e. The molecule has 0 spiro atoms. The standard InChI is InChI=1S/C15H18N6/c1-16-15-19-13-12(17-10-18-13)14(20-15)21(2)9-8-11-6-4-3-5-7-11/h3-7,10H,8-9H2,1-2H3,(H2,16,17,18,19,20). The Hall–Kier alpha value is -2.63. The van der Waals surface area contributed by atoms with Crippen molar-refractivity contribution in [1.29, 1.82) is 0 Å². The first-order chi connectivity index (χ1) is 10.3. The maximum atomic E-state index is 4.54. The van der Waals surface area contributed by atoms with E-state index in [-0.39, 0.29) is 0 Å². The normalized spacial score (nSPS) is 10.8. The van der Waals surface area contributed by atoms with Crippen LogP contribution < -0.4 is 10.2 Å². The third-order valence-corrected chi connectivity index (χ3v) is 3.43. The third-order valence-electron chi connectivity index (χ3n) is 3.43. The molecule has 0 aliphatic carbocycles. The molecule has 2 aromatic heterocycles. The van der Waals surface area contributed by atoms with Gasteiger partial charge in [-0.25, -0.2) is 4.98 Å². The molecular formula is C15H18N6. The Morgan fingerprint density at radius 3 is 2.76 bits per heavy atom. The molecule has 6 nitrogen and oxygen atoms in total. The Balaban J connectivity index is 1.83. The van der Waals surface area contributed by atoms with Crippen molar-refractivity contribution in [3.63, 3.8) is 0 Å². The molecule has 0 atom stereocenters. The molecule has 0 radical (unpaired) electrons. The van der Waals surface area contributed by atoms with E-state index < -0.39 is 0 Å². The molecule has 3 aromatic rings. The monoisotopic (exact) mass is 282 g/mol. The molecule has 0 unspecified atom stereocenters. The molecule has 0 bridgehead atoms. The Kier molecular flexibility index (Phi) is 3.68. The molecule has 3 rings (SSSR count). The fraction of sp³-hybridized carbons (Fsp3) is 0.267. The number of rotatable bonds is 5. The van der Waals surface area contributed by atoms with Crippen LogP contribution >= 0.6 is 0 Å². The van der Waals surface area contributed by atoms with Crippen molar-refractivity contribution in [1.82, 2.24) is 19.9 Å². The van der Waals surface area contributed by atoms with E-state index in [1.165, 1.54) is 5.56 Å². The number of nitrogens with zero attached hydrogens (tertiary/aromatic N) is 4. The number of aromatic nitrogens is 4. The van der Waals surface area contributed by atoms with Crippen LogP contribution in [0.5, 0.6) is 0 Å². The zero-order valence-corrected chi connectivity index (χ0v) is 12.2. The van der Waals surface area contributed by atoms with E-state index in [4.69, 9.17) is 0 Å². The van der Waals surface area contributed by atoms with Gasteiger partial charge in [-0.05, 0) is 12.0 Å². The number of hydrogen-bond donors (Lipinski definition) is 2. The molecule has 2 heterocycles. The third kappa shape index (κ3) is 2.79. The first-order valence-corrected chi connectivity index (χ1v) is 6.92. The van der Waals surface area contributed by atoms with E-state index in [0.717, 1.165) is 24.3 Å². The van der Waals surface area contributed by atoms with Crippen molar-refractivity contribution in [2.45, 2.75) is 6.42 Å². The van der Waals surface area contributed by atoms with Gasteiger partial charge in [-0.2, -0.15) is 9.97 Å². The number of fused-ring (bicyclic) bond motifs is 1. The predicted molar refractivity (Wildman–Crippen MR) is 84.6 cm³/mol. The van der Waals surface area contributed by atoms with E-state index in [2.05, 4.69) is 54.4 Å². The van der Waals surface area contributed by atoms with E-state index in [1.807, 2.05) is 20.2 Å². The maximum Gasteiger partial charge on any atom is 0.226 e. The highest BCUT2D eigenvalue weighted by atomic mass is 15.2. The maximum absolute atomic E-state index is 4.54. The van der Waals surface area contributed by atoms with Crippen LogP contribution in [0.1, 0.15) is 5.56 Å². The van der Waals surface area contributed by atoms with E-state index in [1.54, 1.807) is 6.33 Å². The smallest absolute Gasteiger partial charge is 0.226 e. The highest BCUT2D eigenvalue weighted by Crippen LogP contribution is 2.21. The second-order valence-electron chi connectivity index (χ2n) is 4.88. The second kappa shape index (κ2) is 5.78. The molecular weight excluding hydrogens is 264 g/mol. The van der Waals surface area contributed by atoms with Gasteiger partial charge in [0.25, 0.3) is 0 Å². The number of hydrogen-bond acceptors (Lipinski definition) is 5. The summed E-state index contributed by atoms with van der Waals surface area (Å²) in [5.41, 5.74) is 2.86. The minimum absolute atomic E-state index is 0.580. The lowest BCUT2D eigenvalue weighted by molar-refractivity contribution is 0.861.